The lowest BCUT2D eigenvalue weighted by Gasteiger charge is -2.13. The van der Waals surface area contributed by atoms with Gasteiger partial charge in [-0.05, 0) is 74.9 Å². The first-order valence-electron chi connectivity index (χ1n) is 11.2. The molecule has 0 saturated heterocycles. The predicted octanol–water partition coefficient (Wildman–Crippen LogP) is 5.23. The monoisotopic (exact) mass is 454 g/mol. The zero-order valence-corrected chi connectivity index (χ0v) is 19.3. The Labute approximate surface area is 198 Å². The smallest absolute Gasteiger partial charge is 0.289 e. The van der Waals surface area contributed by atoms with Crippen molar-refractivity contribution in [3.8, 4) is 5.75 Å². The number of benzene rings is 2. The minimum atomic E-state index is 0.0580. The van der Waals surface area contributed by atoms with Crippen molar-refractivity contribution in [2.75, 3.05) is 10.6 Å². The summed E-state index contributed by atoms with van der Waals surface area (Å²) in [5.41, 5.74) is 4.51. The number of anilines is 3. The zero-order valence-electron chi connectivity index (χ0n) is 19.3. The van der Waals surface area contributed by atoms with E-state index >= 15 is 0 Å². The highest BCUT2D eigenvalue weighted by molar-refractivity contribution is 5.97. The molecule has 2 aromatic heterocycles. The summed E-state index contributed by atoms with van der Waals surface area (Å²) in [6.45, 7) is 6.49. The van der Waals surface area contributed by atoms with Crippen LogP contribution in [0.5, 0.6) is 5.75 Å². The van der Waals surface area contributed by atoms with Gasteiger partial charge in [0, 0.05) is 23.0 Å². The Bertz CT molecular complexity index is 1340. The average molecular weight is 455 g/mol. The largest absolute Gasteiger partial charge is 0.487 e. The lowest BCUT2D eigenvalue weighted by Crippen LogP contribution is -2.17. The molecule has 0 spiro atoms. The number of nitrogens with one attached hydrogen (secondary N) is 2. The molecule has 34 heavy (non-hydrogen) atoms. The topological polar surface area (TPSA) is 93.6 Å². The number of aromatic nitrogens is 3. The van der Waals surface area contributed by atoms with Gasteiger partial charge in [0.2, 0.25) is 0 Å². The molecule has 2 atom stereocenters. The summed E-state index contributed by atoms with van der Waals surface area (Å²) in [5, 5.41) is 7.56. The zero-order chi connectivity index (χ0) is 23.5. The molecule has 1 aliphatic rings. The van der Waals surface area contributed by atoms with Crippen LogP contribution in [0.4, 0.5) is 17.2 Å². The quantitative estimate of drug-likeness (QED) is 0.412. The second kappa shape index (κ2) is 9.35. The first-order chi connectivity index (χ1) is 16.5. The number of pyridine rings is 1. The third-order valence-corrected chi connectivity index (χ3v) is 5.72. The third kappa shape index (κ3) is 4.76. The Hall–Kier alpha value is -4.20. The first-order valence-corrected chi connectivity index (χ1v) is 11.2. The van der Waals surface area contributed by atoms with Gasteiger partial charge in [-0.15, -0.1) is 0 Å². The summed E-state index contributed by atoms with van der Waals surface area (Å²) < 4.78 is 11.7. The second-order valence-electron chi connectivity index (χ2n) is 8.29. The van der Waals surface area contributed by atoms with Crippen molar-refractivity contribution in [3.05, 3.63) is 78.4 Å². The van der Waals surface area contributed by atoms with Gasteiger partial charge in [0.1, 0.15) is 30.6 Å². The van der Waals surface area contributed by atoms with Gasteiger partial charge in [0.25, 0.3) is 6.02 Å². The first kappa shape index (κ1) is 21.6. The number of fused-ring (bicyclic) bond motifs is 1. The van der Waals surface area contributed by atoms with Crippen LogP contribution < -0.4 is 15.4 Å². The van der Waals surface area contributed by atoms with E-state index in [1.807, 2.05) is 75.4 Å². The maximum Gasteiger partial charge on any atom is 0.289 e. The van der Waals surface area contributed by atoms with Gasteiger partial charge in [-0.3, -0.25) is 4.98 Å². The molecule has 0 saturated carbocycles. The van der Waals surface area contributed by atoms with Crippen molar-refractivity contribution in [2.45, 2.75) is 39.5 Å². The number of rotatable bonds is 6. The van der Waals surface area contributed by atoms with Crippen LogP contribution in [-0.2, 0) is 11.3 Å². The number of aryl methyl sites for hydroxylation is 1. The second-order valence-corrected chi connectivity index (χ2v) is 8.29. The fourth-order valence-corrected chi connectivity index (χ4v) is 3.68. The summed E-state index contributed by atoms with van der Waals surface area (Å²) in [6, 6.07) is 18.3. The van der Waals surface area contributed by atoms with E-state index in [2.05, 4.69) is 30.6 Å². The minimum Gasteiger partial charge on any atom is -0.487 e. The Morgan fingerprint density at radius 3 is 2.56 bits per heavy atom. The molecular weight excluding hydrogens is 428 g/mol. The van der Waals surface area contributed by atoms with Gasteiger partial charge < -0.3 is 20.1 Å². The molecule has 172 valence electrons. The van der Waals surface area contributed by atoms with Crippen LogP contribution in [0.2, 0.25) is 0 Å². The fourth-order valence-electron chi connectivity index (χ4n) is 3.68. The van der Waals surface area contributed by atoms with Gasteiger partial charge in [-0.25, -0.2) is 15.0 Å². The molecule has 0 aliphatic carbocycles. The van der Waals surface area contributed by atoms with E-state index in [0.717, 1.165) is 39.3 Å². The van der Waals surface area contributed by atoms with Gasteiger partial charge in [0.15, 0.2) is 0 Å². The summed E-state index contributed by atoms with van der Waals surface area (Å²) >= 11 is 0. The van der Waals surface area contributed by atoms with E-state index < -0.39 is 0 Å². The van der Waals surface area contributed by atoms with Crippen molar-refractivity contribution >= 4 is 34.1 Å². The highest BCUT2D eigenvalue weighted by atomic mass is 16.5. The van der Waals surface area contributed by atoms with Crippen LogP contribution in [0, 0.1) is 6.92 Å². The number of aliphatic imine (C=N–C) groups is 1. The lowest BCUT2D eigenvalue weighted by atomic mass is 10.1. The highest BCUT2D eigenvalue weighted by Gasteiger charge is 2.23. The minimum absolute atomic E-state index is 0.0580. The number of nitrogens with zero attached hydrogens (tertiary/aromatic N) is 4. The predicted molar refractivity (Wildman–Crippen MR) is 134 cm³/mol. The van der Waals surface area contributed by atoms with Gasteiger partial charge >= 0.3 is 0 Å². The highest BCUT2D eigenvalue weighted by Crippen LogP contribution is 2.29. The Morgan fingerprint density at radius 1 is 0.941 bits per heavy atom. The molecule has 0 amide bonds. The molecule has 3 heterocycles. The number of hydrogen-bond acceptors (Lipinski definition) is 8. The molecule has 5 rings (SSSR count). The molecule has 4 aromatic rings. The molecule has 2 aromatic carbocycles. The molecular formula is C26H26N6O2. The van der Waals surface area contributed by atoms with Crippen LogP contribution in [0.15, 0.2) is 72.1 Å². The lowest BCUT2D eigenvalue weighted by molar-refractivity contribution is 0.218. The third-order valence-electron chi connectivity index (χ3n) is 5.72. The molecule has 0 fully saturated rings. The van der Waals surface area contributed by atoms with Gasteiger partial charge in [-0.1, -0.05) is 6.07 Å². The molecule has 2 N–H and O–H groups in total. The van der Waals surface area contributed by atoms with Crippen LogP contribution in [0.1, 0.15) is 25.1 Å². The van der Waals surface area contributed by atoms with E-state index in [-0.39, 0.29) is 12.1 Å². The van der Waals surface area contributed by atoms with E-state index in [1.54, 1.807) is 12.5 Å². The van der Waals surface area contributed by atoms with Crippen molar-refractivity contribution in [3.63, 3.8) is 0 Å². The van der Waals surface area contributed by atoms with Crippen LogP contribution in [0.3, 0.4) is 0 Å². The van der Waals surface area contributed by atoms with Gasteiger partial charge in [0.05, 0.1) is 17.3 Å². The maximum absolute atomic E-state index is 5.95. The number of amidine groups is 1. The summed E-state index contributed by atoms with van der Waals surface area (Å²) in [4.78, 5) is 17.7. The maximum atomic E-state index is 5.95. The van der Waals surface area contributed by atoms with Crippen molar-refractivity contribution in [1.29, 1.82) is 0 Å². The Balaban J connectivity index is 1.34. The standard InChI is InChI=1S/C26H26N6O2/c1-16-12-19(8-10-24(16)33-14-21-6-4-5-11-27-21)31-25-22-13-20(7-9-23(22)28-15-29-25)32-26-30-17(2)18(3)34-26/h4-13,15,17-18H,14H2,1-3H3,(H,30,32)(H,28,29,31)/t17-,18-/m0/s1. The average Bonchev–Trinajstić information content (AvgIpc) is 3.16. The van der Waals surface area contributed by atoms with Crippen molar-refractivity contribution in [1.82, 2.24) is 15.0 Å². The van der Waals surface area contributed by atoms with Crippen LogP contribution in [0.25, 0.3) is 10.9 Å². The summed E-state index contributed by atoms with van der Waals surface area (Å²) in [6.07, 6.45) is 3.38. The molecule has 0 radical (unpaired) electrons. The van der Waals surface area contributed by atoms with Crippen molar-refractivity contribution in [2.24, 2.45) is 4.99 Å². The molecule has 1 aliphatic heterocycles. The van der Waals surface area contributed by atoms with E-state index in [9.17, 15) is 0 Å². The van der Waals surface area contributed by atoms with E-state index in [1.165, 1.54) is 0 Å². The number of hydrogen-bond donors (Lipinski definition) is 2. The molecule has 0 unspecified atom stereocenters. The molecule has 0 bridgehead atoms. The van der Waals surface area contributed by atoms with Gasteiger partial charge in [-0.2, -0.15) is 0 Å². The summed E-state index contributed by atoms with van der Waals surface area (Å²) in [7, 11) is 0. The number of ether oxygens (including phenoxy) is 2. The molecule has 8 nitrogen and oxygen atoms in total. The fraction of sp³-hybridized carbons (Fsp3) is 0.231. The van der Waals surface area contributed by atoms with Crippen molar-refractivity contribution < 1.29 is 9.47 Å². The normalized spacial score (nSPS) is 17.2. The van der Waals surface area contributed by atoms with E-state index in [0.29, 0.717) is 18.4 Å². The Kier molecular flexibility index (Phi) is 5.95. The SMILES string of the molecule is Cc1cc(Nc2ncnc3ccc(NC4=N[C@@H](C)[C@H](C)O4)cc23)ccc1OCc1ccccn1. The molecule has 8 heteroatoms. The van der Waals surface area contributed by atoms with Crippen LogP contribution in [-0.4, -0.2) is 33.1 Å². The summed E-state index contributed by atoms with van der Waals surface area (Å²) in [5.74, 6) is 1.53. The Morgan fingerprint density at radius 2 is 1.79 bits per heavy atom. The van der Waals surface area contributed by atoms with Crippen LogP contribution >= 0.6 is 0 Å². The van der Waals surface area contributed by atoms with E-state index in [4.69, 9.17) is 9.47 Å².